The molecule has 1 aromatic heterocycles. The molecular formula is C11H16ClN3. The zero-order chi connectivity index (χ0) is 10.7. The first-order valence-corrected chi connectivity index (χ1v) is 5.67. The van der Waals surface area contributed by atoms with E-state index in [9.17, 15) is 0 Å². The maximum absolute atomic E-state index is 5.84. The molecule has 1 aliphatic rings. The lowest BCUT2D eigenvalue weighted by atomic mass is 9.91. The van der Waals surface area contributed by atoms with E-state index in [4.69, 9.17) is 11.6 Å². The van der Waals surface area contributed by atoms with Gasteiger partial charge in [-0.15, -0.1) is 0 Å². The largest absolute Gasteiger partial charge is 0.365 e. The second-order valence-corrected chi connectivity index (χ2v) is 4.67. The number of anilines is 1. The fourth-order valence-electron chi connectivity index (χ4n) is 1.89. The van der Waals surface area contributed by atoms with Crippen molar-refractivity contribution in [3.63, 3.8) is 0 Å². The molecule has 3 nitrogen and oxygen atoms in total. The number of halogens is 1. The number of aromatic nitrogens is 1. The van der Waals surface area contributed by atoms with Crippen LogP contribution in [0.3, 0.4) is 0 Å². The minimum absolute atomic E-state index is 0.142. The molecule has 1 aromatic rings. The molecule has 0 aliphatic carbocycles. The Labute approximate surface area is 95.2 Å². The average Bonchev–Trinajstić information content (AvgIpc) is 2.18. The van der Waals surface area contributed by atoms with Gasteiger partial charge in [0.15, 0.2) is 0 Å². The molecule has 1 fully saturated rings. The van der Waals surface area contributed by atoms with Crippen molar-refractivity contribution in [3.8, 4) is 0 Å². The number of piperidine rings is 1. The van der Waals surface area contributed by atoms with Crippen LogP contribution in [0.2, 0.25) is 5.15 Å². The Hall–Kier alpha value is -0.800. The first kappa shape index (κ1) is 10.7. The van der Waals surface area contributed by atoms with E-state index in [-0.39, 0.29) is 5.54 Å². The normalized spacial score (nSPS) is 19.9. The third kappa shape index (κ3) is 2.83. The van der Waals surface area contributed by atoms with Gasteiger partial charge in [0.2, 0.25) is 0 Å². The summed E-state index contributed by atoms with van der Waals surface area (Å²) in [5, 5.41) is 7.35. The molecule has 0 amide bonds. The molecule has 2 heterocycles. The highest BCUT2D eigenvalue weighted by Crippen LogP contribution is 2.23. The van der Waals surface area contributed by atoms with E-state index >= 15 is 0 Å². The third-order valence-corrected chi connectivity index (χ3v) is 3.06. The number of nitrogens with zero attached hydrogens (tertiary/aromatic N) is 1. The van der Waals surface area contributed by atoms with Gasteiger partial charge in [0.05, 0.1) is 0 Å². The monoisotopic (exact) mass is 225 g/mol. The molecule has 0 bridgehead atoms. The van der Waals surface area contributed by atoms with Gasteiger partial charge in [-0.2, -0.15) is 0 Å². The predicted octanol–water partition coefficient (Wildman–Crippen LogP) is 2.29. The maximum Gasteiger partial charge on any atom is 0.131 e. The van der Waals surface area contributed by atoms with Crippen LogP contribution in [0.25, 0.3) is 0 Å². The summed E-state index contributed by atoms with van der Waals surface area (Å²) in [5.74, 6) is 0.868. The molecule has 0 atom stereocenters. The Kier molecular flexibility index (Phi) is 3.12. The number of hydrogen-bond donors (Lipinski definition) is 2. The van der Waals surface area contributed by atoms with E-state index in [1.807, 2.05) is 12.1 Å². The van der Waals surface area contributed by atoms with E-state index in [2.05, 4.69) is 22.5 Å². The molecule has 1 saturated heterocycles. The van der Waals surface area contributed by atoms with Crippen LogP contribution < -0.4 is 10.6 Å². The lowest BCUT2D eigenvalue weighted by Crippen LogP contribution is -2.45. The van der Waals surface area contributed by atoms with Gasteiger partial charge in [0, 0.05) is 5.54 Å². The van der Waals surface area contributed by atoms with Gasteiger partial charge >= 0.3 is 0 Å². The Morgan fingerprint density at radius 2 is 2.13 bits per heavy atom. The van der Waals surface area contributed by atoms with Crippen molar-refractivity contribution in [2.45, 2.75) is 25.3 Å². The summed E-state index contributed by atoms with van der Waals surface area (Å²) in [6.45, 7) is 4.35. The average molecular weight is 226 g/mol. The molecule has 4 heteroatoms. The zero-order valence-corrected chi connectivity index (χ0v) is 9.64. The van der Waals surface area contributed by atoms with Crippen LogP contribution in [0.15, 0.2) is 18.2 Å². The number of hydrogen-bond acceptors (Lipinski definition) is 3. The van der Waals surface area contributed by atoms with Crippen LogP contribution in [0, 0.1) is 0 Å². The highest BCUT2D eigenvalue weighted by atomic mass is 35.5. The smallest absolute Gasteiger partial charge is 0.131 e. The molecule has 2 N–H and O–H groups in total. The van der Waals surface area contributed by atoms with Crippen molar-refractivity contribution in [1.29, 1.82) is 0 Å². The van der Waals surface area contributed by atoms with E-state index in [0.29, 0.717) is 5.15 Å². The topological polar surface area (TPSA) is 37.0 Å². The maximum atomic E-state index is 5.84. The molecule has 0 unspecified atom stereocenters. The van der Waals surface area contributed by atoms with Gasteiger partial charge < -0.3 is 10.6 Å². The summed E-state index contributed by atoms with van der Waals surface area (Å²) in [4.78, 5) is 4.25. The van der Waals surface area contributed by atoms with Gasteiger partial charge in [-0.1, -0.05) is 17.7 Å². The van der Waals surface area contributed by atoms with Crippen molar-refractivity contribution in [3.05, 3.63) is 23.4 Å². The van der Waals surface area contributed by atoms with E-state index in [1.54, 1.807) is 6.07 Å². The van der Waals surface area contributed by atoms with E-state index in [1.165, 1.54) is 0 Å². The van der Waals surface area contributed by atoms with Crippen LogP contribution in [-0.4, -0.2) is 23.6 Å². The summed E-state index contributed by atoms with van der Waals surface area (Å²) < 4.78 is 0. The molecule has 82 valence electrons. The minimum Gasteiger partial charge on any atom is -0.365 e. The van der Waals surface area contributed by atoms with Crippen molar-refractivity contribution in [2.24, 2.45) is 0 Å². The first-order chi connectivity index (χ1) is 7.18. The molecular weight excluding hydrogens is 210 g/mol. The van der Waals surface area contributed by atoms with Gasteiger partial charge in [0.1, 0.15) is 11.0 Å². The number of pyridine rings is 1. The first-order valence-electron chi connectivity index (χ1n) is 5.29. The molecule has 2 rings (SSSR count). The predicted molar refractivity (Wildman–Crippen MR) is 63.4 cm³/mol. The summed E-state index contributed by atoms with van der Waals surface area (Å²) in [6.07, 6.45) is 2.22. The molecule has 0 radical (unpaired) electrons. The third-order valence-electron chi connectivity index (χ3n) is 2.85. The highest BCUT2D eigenvalue weighted by molar-refractivity contribution is 6.29. The Morgan fingerprint density at radius 1 is 1.40 bits per heavy atom. The second-order valence-electron chi connectivity index (χ2n) is 4.28. The molecule has 0 spiro atoms. The molecule has 0 saturated carbocycles. The Balaban J connectivity index is 2.06. The van der Waals surface area contributed by atoms with Crippen LogP contribution in [0.5, 0.6) is 0 Å². The SMILES string of the molecule is CC1(Nc2cccc(Cl)n2)CCNCC1. The van der Waals surface area contributed by atoms with Crippen LogP contribution in [-0.2, 0) is 0 Å². The van der Waals surface area contributed by atoms with E-state index < -0.39 is 0 Å². The lowest BCUT2D eigenvalue weighted by Gasteiger charge is -2.35. The van der Waals surface area contributed by atoms with E-state index in [0.717, 1.165) is 31.7 Å². The van der Waals surface area contributed by atoms with Gasteiger partial charge in [-0.3, -0.25) is 0 Å². The van der Waals surface area contributed by atoms with Gasteiger partial charge in [-0.05, 0) is 45.0 Å². The van der Waals surface area contributed by atoms with Crippen molar-refractivity contribution < 1.29 is 0 Å². The number of nitrogens with one attached hydrogen (secondary N) is 2. The summed E-state index contributed by atoms with van der Waals surface area (Å²) in [6, 6.07) is 5.67. The lowest BCUT2D eigenvalue weighted by molar-refractivity contribution is 0.364. The van der Waals surface area contributed by atoms with Gasteiger partial charge in [0.25, 0.3) is 0 Å². The second kappa shape index (κ2) is 4.37. The highest BCUT2D eigenvalue weighted by Gasteiger charge is 2.26. The van der Waals surface area contributed by atoms with Crippen molar-refractivity contribution in [2.75, 3.05) is 18.4 Å². The molecule has 0 aromatic carbocycles. The Morgan fingerprint density at radius 3 is 2.80 bits per heavy atom. The summed E-state index contributed by atoms with van der Waals surface area (Å²) >= 11 is 5.84. The minimum atomic E-state index is 0.142. The van der Waals surface area contributed by atoms with Crippen molar-refractivity contribution >= 4 is 17.4 Å². The summed E-state index contributed by atoms with van der Waals surface area (Å²) in [5.41, 5.74) is 0.142. The van der Waals surface area contributed by atoms with Crippen LogP contribution in [0.1, 0.15) is 19.8 Å². The zero-order valence-electron chi connectivity index (χ0n) is 8.89. The van der Waals surface area contributed by atoms with Crippen molar-refractivity contribution in [1.82, 2.24) is 10.3 Å². The van der Waals surface area contributed by atoms with Crippen LogP contribution in [0.4, 0.5) is 5.82 Å². The standard InChI is InChI=1S/C11H16ClN3/c1-11(5-7-13-8-6-11)15-10-4-2-3-9(12)14-10/h2-4,13H,5-8H2,1H3,(H,14,15). The molecule has 1 aliphatic heterocycles. The van der Waals surface area contributed by atoms with Gasteiger partial charge in [-0.25, -0.2) is 4.98 Å². The fourth-order valence-corrected chi connectivity index (χ4v) is 2.05. The fraction of sp³-hybridized carbons (Fsp3) is 0.545. The van der Waals surface area contributed by atoms with Crippen LogP contribution >= 0.6 is 11.6 Å². The summed E-state index contributed by atoms with van der Waals surface area (Å²) in [7, 11) is 0. The number of rotatable bonds is 2. The molecule has 15 heavy (non-hydrogen) atoms. The Bertz CT molecular complexity index is 334. The quantitative estimate of drug-likeness (QED) is 0.759.